The Morgan fingerprint density at radius 1 is 1.29 bits per heavy atom. The SMILES string of the molecule is O=C(NCCc1c[nH]c2ccc(Cl)cc12)c1ccnnc1. The average molecular weight is 301 g/mol. The smallest absolute Gasteiger partial charge is 0.252 e. The molecule has 0 saturated heterocycles. The number of aromatic nitrogens is 3. The average Bonchev–Trinajstić information content (AvgIpc) is 2.90. The molecule has 0 spiro atoms. The minimum Gasteiger partial charge on any atom is -0.361 e. The predicted molar refractivity (Wildman–Crippen MR) is 81.4 cm³/mol. The number of halogens is 1. The molecule has 21 heavy (non-hydrogen) atoms. The Morgan fingerprint density at radius 3 is 3.00 bits per heavy atom. The Labute approximate surface area is 126 Å². The number of rotatable bonds is 4. The fourth-order valence-corrected chi connectivity index (χ4v) is 2.37. The maximum atomic E-state index is 11.9. The first-order valence-corrected chi connectivity index (χ1v) is 6.92. The lowest BCUT2D eigenvalue weighted by Gasteiger charge is -2.04. The monoisotopic (exact) mass is 300 g/mol. The molecule has 0 saturated carbocycles. The van der Waals surface area contributed by atoms with Gasteiger partial charge in [-0.1, -0.05) is 11.6 Å². The molecule has 0 aliphatic rings. The van der Waals surface area contributed by atoms with Gasteiger partial charge in [-0.05, 0) is 36.2 Å². The van der Waals surface area contributed by atoms with Crippen molar-refractivity contribution in [2.45, 2.75) is 6.42 Å². The number of aromatic amines is 1. The van der Waals surface area contributed by atoms with Crippen LogP contribution in [0.2, 0.25) is 5.02 Å². The first-order chi connectivity index (χ1) is 10.2. The van der Waals surface area contributed by atoms with Crippen molar-refractivity contribution in [3.8, 4) is 0 Å². The molecule has 5 nitrogen and oxygen atoms in total. The van der Waals surface area contributed by atoms with E-state index in [0.29, 0.717) is 17.1 Å². The molecule has 3 rings (SSSR count). The second-order valence-electron chi connectivity index (χ2n) is 4.64. The summed E-state index contributed by atoms with van der Waals surface area (Å²) in [5.41, 5.74) is 2.67. The first-order valence-electron chi connectivity index (χ1n) is 6.54. The number of hydrogen-bond acceptors (Lipinski definition) is 3. The molecule has 2 aromatic heterocycles. The standard InChI is InChI=1S/C15H13ClN4O/c16-12-1-2-14-13(7-12)10(8-18-14)3-5-17-15(21)11-4-6-19-20-9-11/h1-2,4,6-9,18H,3,5H2,(H,17,21). The van der Waals surface area contributed by atoms with Crippen LogP contribution in [0.5, 0.6) is 0 Å². The highest BCUT2D eigenvalue weighted by atomic mass is 35.5. The number of carbonyl (C=O) groups is 1. The van der Waals surface area contributed by atoms with Gasteiger partial charge in [-0.2, -0.15) is 10.2 Å². The highest BCUT2D eigenvalue weighted by Gasteiger charge is 2.07. The first kappa shape index (κ1) is 13.6. The Hall–Kier alpha value is -2.40. The summed E-state index contributed by atoms with van der Waals surface area (Å²) in [7, 11) is 0. The van der Waals surface area contributed by atoms with Crippen LogP contribution >= 0.6 is 11.6 Å². The van der Waals surface area contributed by atoms with E-state index in [1.807, 2.05) is 24.4 Å². The van der Waals surface area contributed by atoms with E-state index in [9.17, 15) is 4.79 Å². The van der Waals surface area contributed by atoms with Crippen LogP contribution in [0.3, 0.4) is 0 Å². The van der Waals surface area contributed by atoms with E-state index in [1.165, 1.54) is 12.4 Å². The zero-order valence-electron chi connectivity index (χ0n) is 11.1. The minimum atomic E-state index is -0.150. The third-order valence-corrected chi connectivity index (χ3v) is 3.49. The molecule has 2 N–H and O–H groups in total. The van der Waals surface area contributed by atoms with Crippen LogP contribution in [0, 0.1) is 0 Å². The fourth-order valence-electron chi connectivity index (χ4n) is 2.20. The molecule has 0 unspecified atom stereocenters. The number of benzene rings is 1. The molecule has 0 aliphatic heterocycles. The summed E-state index contributed by atoms with van der Waals surface area (Å²) in [6.45, 7) is 0.542. The number of fused-ring (bicyclic) bond motifs is 1. The lowest BCUT2D eigenvalue weighted by Crippen LogP contribution is -2.25. The maximum absolute atomic E-state index is 11.9. The lowest BCUT2D eigenvalue weighted by molar-refractivity contribution is 0.0953. The normalized spacial score (nSPS) is 10.7. The van der Waals surface area contributed by atoms with Crippen molar-refractivity contribution < 1.29 is 4.79 Å². The number of nitrogens with one attached hydrogen (secondary N) is 2. The van der Waals surface area contributed by atoms with Crippen molar-refractivity contribution in [3.05, 3.63) is 59.0 Å². The predicted octanol–water partition coefficient (Wildman–Crippen LogP) is 2.58. The van der Waals surface area contributed by atoms with Crippen molar-refractivity contribution in [2.24, 2.45) is 0 Å². The Kier molecular flexibility index (Phi) is 3.83. The zero-order valence-corrected chi connectivity index (χ0v) is 11.9. The Balaban J connectivity index is 1.65. The van der Waals surface area contributed by atoms with Gasteiger partial charge >= 0.3 is 0 Å². The third-order valence-electron chi connectivity index (χ3n) is 3.26. The van der Waals surface area contributed by atoms with E-state index >= 15 is 0 Å². The van der Waals surface area contributed by atoms with Crippen molar-refractivity contribution in [2.75, 3.05) is 6.54 Å². The quantitative estimate of drug-likeness (QED) is 0.778. The van der Waals surface area contributed by atoms with E-state index < -0.39 is 0 Å². The van der Waals surface area contributed by atoms with Crippen LogP contribution < -0.4 is 5.32 Å². The summed E-state index contributed by atoms with van der Waals surface area (Å²) in [5.74, 6) is -0.150. The molecule has 0 atom stereocenters. The van der Waals surface area contributed by atoms with E-state index in [1.54, 1.807) is 6.07 Å². The van der Waals surface area contributed by atoms with Gasteiger partial charge in [0.2, 0.25) is 0 Å². The summed E-state index contributed by atoms with van der Waals surface area (Å²) >= 11 is 6.02. The van der Waals surface area contributed by atoms with E-state index in [4.69, 9.17) is 11.6 Å². The van der Waals surface area contributed by atoms with Crippen LogP contribution in [0.25, 0.3) is 10.9 Å². The summed E-state index contributed by atoms with van der Waals surface area (Å²) in [5, 5.41) is 12.0. The van der Waals surface area contributed by atoms with Gasteiger partial charge in [-0.25, -0.2) is 0 Å². The van der Waals surface area contributed by atoms with Gasteiger partial charge < -0.3 is 10.3 Å². The number of nitrogens with zero attached hydrogens (tertiary/aromatic N) is 2. The topological polar surface area (TPSA) is 70.7 Å². The third kappa shape index (κ3) is 3.03. The Bertz CT molecular complexity index is 770. The van der Waals surface area contributed by atoms with E-state index in [0.717, 1.165) is 22.9 Å². The summed E-state index contributed by atoms with van der Waals surface area (Å²) in [6, 6.07) is 7.36. The zero-order chi connectivity index (χ0) is 14.7. The van der Waals surface area contributed by atoms with Gasteiger partial charge in [0.15, 0.2) is 0 Å². The molecule has 106 valence electrons. The van der Waals surface area contributed by atoms with Crippen LogP contribution in [-0.2, 0) is 6.42 Å². The van der Waals surface area contributed by atoms with Crippen LogP contribution in [-0.4, -0.2) is 27.6 Å². The molecule has 6 heteroatoms. The van der Waals surface area contributed by atoms with Crippen molar-refractivity contribution in [3.63, 3.8) is 0 Å². The highest BCUT2D eigenvalue weighted by molar-refractivity contribution is 6.31. The van der Waals surface area contributed by atoms with E-state index in [2.05, 4.69) is 20.5 Å². The van der Waals surface area contributed by atoms with Gasteiger partial charge in [-0.15, -0.1) is 0 Å². The fraction of sp³-hybridized carbons (Fsp3) is 0.133. The molecule has 0 radical (unpaired) electrons. The van der Waals surface area contributed by atoms with Crippen molar-refractivity contribution in [1.82, 2.24) is 20.5 Å². The number of amides is 1. The Morgan fingerprint density at radius 2 is 2.19 bits per heavy atom. The molecule has 1 aromatic carbocycles. The molecule has 2 heterocycles. The number of H-pyrrole nitrogens is 1. The van der Waals surface area contributed by atoms with Gasteiger partial charge in [0.1, 0.15) is 0 Å². The second kappa shape index (κ2) is 5.93. The molecule has 0 bridgehead atoms. The number of hydrogen-bond donors (Lipinski definition) is 2. The van der Waals surface area contributed by atoms with Gasteiger partial charge in [0.25, 0.3) is 5.91 Å². The molecule has 0 fully saturated rings. The minimum absolute atomic E-state index is 0.150. The van der Waals surface area contributed by atoms with Gasteiger partial charge in [0.05, 0.1) is 18.0 Å². The maximum Gasteiger partial charge on any atom is 0.252 e. The number of carbonyl (C=O) groups excluding carboxylic acids is 1. The van der Waals surface area contributed by atoms with Gasteiger partial charge in [-0.3, -0.25) is 4.79 Å². The van der Waals surface area contributed by atoms with Crippen molar-refractivity contribution in [1.29, 1.82) is 0 Å². The summed E-state index contributed by atoms with van der Waals surface area (Å²) < 4.78 is 0. The van der Waals surface area contributed by atoms with Crippen LogP contribution in [0.4, 0.5) is 0 Å². The molecule has 0 aliphatic carbocycles. The molecular weight excluding hydrogens is 288 g/mol. The van der Waals surface area contributed by atoms with E-state index in [-0.39, 0.29) is 5.91 Å². The van der Waals surface area contributed by atoms with Crippen molar-refractivity contribution >= 4 is 28.4 Å². The molecule has 1 amide bonds. The van der Waals surface area contributed by atoms with Gasteiger partial charge in [0, 0.05) is 28.7 Å². The summed E-state index contributed by atoms with van der Waals surface area (Å²) in [6.07, 6.45) is 5.61. The largest absolute Gasteiger partial charge is 0.361 e. The lowest BCUT2D eigenvalue weighted by atomic mass is 10.1. The van der Waals surface area contributed by atoms with Crippen LogP contribution in [0.1, 0.15) is 15.9 Å². The highest BCUT2D eigenvalue weighted by Crippen LogP contribution is 2.22. The second-order valence-corrected chi connectivity index (χ2v) is 5.08. The molecular formula is C15H13ClN4O. The summed E-state index contributed by atoms with van der Waals surface area (Å²) in [4.78, 5) is 15.1. The molecule has 3 aromatic rings. The van der Waals surface area contributed by atoms with Crippen LogP contribution in [0.15, 0.2) is 42.9 Å².